The molecule has 1 N–H and O–H groups in total. The van der Waals surface area contributed by atoms with E-state index < -0.39 is 5.97 Å². The van der Waals surface area contributed by atoms with Gasteiger partial charge in [-0.15, -0.1) is 0 Å². The molecule has 0 spiro atoms. The third-order valence-electron chi connectivity index (χ3n) is 2.93. The highest BCUT2D eigenvalue weighted by Gasteiger charge is 2.31. The molecule has 1 heterocycles. The van der Waals surface area contributed by atoms with Crippen LogP contribution >= 0.6 is 0 Å². The van der Waals surface area contributed by atoms with Gasteiger partial charge in [0.25, 0.3) is 0 Å². The average molecular weight is 214 g/mol. The van der Waals surface area contributed by atoms with Crippen LogP contribution in [0.1, 0.15) is 20.3 Å². The van der Waals surface area contributed by atoms with E-state index in [4.69, 9.17) is 5.11 Å². The average Bonchev–Trinajstić information content (AvgIpc) is 2.08. The number of hydrogen-bond acceptors (Lipinski definition) is 3. The number of carboxylic acid groups (broad SMARTS) is 1. The van der Waals surface area contributed by atoms with E-state index in [0.29, 0.717) is 6.54 Å². The van der Waals surface area contributed by atoms with Crippen LogP contribution in [0.3, 0.4) is 0 Å². The van der Waals surface area contributed by atoms with Crippen LogP contribution in [0.15, 0.2) is 0 Å². The van der Waals surface area contributed by atoms with Crippen molar-refractivity contribution in [2.75, 3.05) is 20.1 Å². The Hall–Kier alpha value is -1.10. The quantitative estimate of drug-likeness (QED) is 0.703. The van der Waals surface area contributed by atoms with Crippen molar-refractivity contribution in [3.05, 3.63) is 0 Å². The zero-order valence-corrected chi connectivity index (χ0v) is 9.43. The maximum absolute atomic E-state index is 11.3. The lowest BCUT2D eigenvalue weighted by atomic mass is 10.1. The number of nitrogens with zero attached hydrogens (tertiary/aromatic N) is 2. The van der Waals surface area contributed by atoms with Crippen LogP contribution < -0.4 is 0 Å². The molecule has 1 aliphatic rings. The molecule has 0 bridgehead atoms. The minimum absolute atomic E-state index is 0.0194. The van der Waals surface area contributed by atoms with Gasteiger partial charge in [0.1, 0.15) is 0 Å². The molecule has 1 aliphatic heterocycles. The van der Waals surface area contributed by atoms with Crippen LogP contribution in [0, 0.1) is 0 Å². The van der Waals surface area contributed by atoms with E-state index >= 15 is 0 Å². The molecule has 0 aromatic heterocycles. The first-order chi connectivity index (χ1) is 6.91. The van der Waals surface area contributed by atoms with Crippen molar-refractivity contribution in [2.24, 2.45) is 0 Å². The SMILES string of the molecule is CC(=O)N1C[C@@H](CC(=O)O)N(C)C[C@H]1C. The predicted octanol–water partition coefficient (Wildman–Crippen LogP) is 0.0121. The third kappa shape index (κ3) is 2.92. The summed E-state index contributed by atoms with van der Waals surface area (Å²) >= 11 is 0. The van der Waals surface area contributed by atoms with Crippen LogP contribution in [0.4, 0.5) is 0 Å². The second-order valence-corrected chi connectivity index (χ2v) is 4.21. The molecule has 0 aliphatic carbocycles. The van der Waals surface area contributed by atoms with Crippen LogP contribution in [-0.2, 0) is 9.59 Å². The van der Waals surface area contributed by atoms with E-state index in [1.165, 1.54) is 6.92 Å². The Kier molecular flexibility index (Phi) is 3.68. The highest BCUT2D eigenvalue weighted by molar-refractivity contribution is 5.74. The fourth-order valence-electron chi connectivity index (χ4n) is 2.07. The van der Waals surface area contributed by atoms with Gasteiger partial charge in [-0.05, 0) is 14.0 Å². The van der Waals surface area contributed by atoms with E-state index in [-0.39, 0.29) is 24.4 Å². The van der Waals surface area contributed by atoms with E-state index in [9.17, 15) is 9.59 Å². The number of carboxylic acids is 1. The fraction of sp³-hybridized carbons (Fsp3) is 0.800. The van der Waals surface area contributed by atoms with Gasteiger partial charge in [-0.3, -0.25) is 14.5 Å². The summed E-state index contributed by atoms with van der Waals surface area (Å²) in [4.78, 5) is 25.7. The minimum atomic E-state index is -0.815. The number of piperazine rings is 1. The predicted molar refractivity (Wildman–Crippen MR) is 55.5 cm³/mol. The lowest BCUT2D eigenvalue weighted by Crippen LogP contribution is -2.57. The Bertz CT molecular complexity index is 267. The number of aliphatic carboxylic acids is 1. The van der Waals surface area contributed by atoms with E-state index in [2.05, 4.69) is 0 Å². The smallest absolute Gasteiger partial charge is 0.305 e. The first kappa shape index (κ1) is 12.0. The second kappa shape index (κ2) is 4.61. The summed E-state index contributed by atoms with van der Waals surface area (Å²) in [5, 5.41) is 8.74. The summed E-state index contributed by atoms with van der Waals surface area (Å²) in [6, 6.07) is 0.0974. The molecule has 0 unspecified atom stereocenters. The van der Waals surface area contributed by atoms with Crippen molar-refractivity contribution in [3.8, 4) is 0 Å². The van der Waals surface area contributed by atoms with E-state index in [1.807, 2.05) is 18.9 Å². The van der Waals surface area contributed by atoms with Gasteiger partial charge in [-0.2, -0.15) is 0 Å². The van der Waals surface area contributed by atoms with Gasteiger partial charge in [-0.1, -0.05) is 0 Å². The molecule has 0 saturated carbocycles. The first-order valence-electron chi connectivity index (χ1n) is 5.11. The molecule has 5 nitrogen and oxygen atoms in total. The molecule has 1 saturated heterocycles. The molecular formula is C10H18N2O3. The van der Waals surface area contributed by atoms with Gasteiger partial charge in [0.2, 0.25) is 5.91 Å². The second-order valence-electron chi connectivity index (χ2n) is 4.21. The molecule has 5 heteroatoms. The Morgan fingerprint density at radius 3 is 2.47 bits per heavy atom. The number of hydrogen-bond donors (Lipinski definition) is 1. The number of likely N-dealkylation sites (N-methyl/N-ethyl adjacent to an activating group) is 1. The summed E-state index contributed by atoms with van der Waals surface area (Å²) in [5.74, 6) is -0.795. The van der Waals surface area contributed by atoms with Gasteiger partial charge in [0.05, 0.1) is 6.42 Å². The summed E-state index contributed by atoms with van der Waals surface area (Å²) in [6.45, 7) is 4.76. The highest BCUT2D eigenvalue weighted by atomic mass is 16.4. The largest absolute Gasteiger partial charge is 0.481 e. The van der Waals surface area contributed by atoms with Crippen molar-refractivity contribution in [2.45, 2.75) is 32.4 Å². The van der Waals surface area contributed by atoms with Gasteiger partial charge in [0.15, 0.2) is 0 Å². The van der Waals surface area contributed by atoms with E-state index in [1.54, 1.807) is 4.90 Å². The summed E-state index contributed by atoms with van der Waals surface area (Å²) in [7, 11) is 1.90. The van der Waals surface area contributed by atoms with Crippen molar-refractivity contribution < 1.29 is 14.7 Å². The molecule has 0 radical (unpaired) electrons. The summed E-state index contributed by atoms with van der Waals surface area (Å²) in [6.07, 6.45) is 0.0903. The molecule has 15 heavy (non-hydrogen) atoms. The summed E-state index contributed by atoms with van der Waals surface area (Å²) in [5.41, 5.74) is 0. The normalized spacial score (nSPS) is 27.8. The number of carbonyl (C=O) groups is 2. The molecule has 0 aromatic rings. The van der Waals surface area contributed by atoms with Gasteiger partial charge >= 0.3 is 5.97 Å². The standard InChI is InChI=1S/C10H18N2O3/c1-7-5-11(3)9(4-10(14)15)6-12(7)8(2)13/h7,9H,4-6H2,1-3H3,(H,14,15)/t7-,9-/m1/s1. The Morgan fingerprint density at radius 1 is 1.40 bits per heavy atom. The van der Waals surface area contributed by atoms with Crippen LogP contribution in [0.2, 0.25) is 0 Å². The highest BCUT2D eigenvalue weighted by Crippen LogP contribution is 2.16. The Balaban J connectivity index is 2.66. The van der Waals surface area contributed by atoms with Gasteiger partial charge in [0, 0.05) is 32.1 Å². The maximum atomic E-state index is 11.3. The van der Waals surface area contributed by atoms with E-state index in [0.717, 1.165) is 6.54 Å². The van der Waals surface area contributed by atoms with Crippen molar-refractivity contribution in [1.82, 2.24) is 9.80 Å². The molecule has 1 fully saturated rings. The van der Waals surface area contributed by atoms with Crippen molar-refractivity contribution in [3.63, 3.8) is 0 Å². The van der Waals surface area contributed by atoms with Crippen LogP contribution in [0.5, 0.6) is 0 Å². The third-order valence-corrected chi connectivity index (χ3v) is 2.93. The molecule has 1 rings (SSSR count). The summed E-state index contributed by atoms with van der Waals surface area (Å²) < 4.78 is 0. The lowest BCUT2D eigenvalue weighted by Gasteiger charge is -2.42. The number of carbonyl (C=O) groups excluding carboxylic acids is 1. The zero-order valence-electron chi connectivity index (χ0n) is 9.43. The van der Waals surface area contributed by atoms with Crippen LogP contribution in [-0.4, -0.2) is 59.0 Å². The topological polar surface area (TPSA) is 60.9 Å². The molecule has 0 aromatic carbocycles. The molecule has 2 atom stereocenters. The molecular weight excluding hydrogens is 196 g/mol. The van der Waals surface area contributed by atoms with Gasteiger partial charge < -0.3 is 10.0 Å². The van der Waals surface area contributed by atoms with Gasteiger partial charge in [-0.25, -0.2) is 0 Å². The lowest BCUT2D eigenvalue weighted by molar-refractivity contribution is -0.142. The molecule has 86 valence electrons. The monoisotopic (exact) mass is 214 g/mol. The molecule has 1 amide bonds. The number of amides is 1. The number of rotatable bonds is 2. The van der Waals surface area contributed by atoms with Crippen molar-refractivity contribution in [1.29, 1.82) is 0 Å². The Morgan fingerprint density at radius 2 is 2.00 bits per heavy atom. The van der Waals surface area contributed by atoms with Crippen molar-refractivity contribution >= 4 is 11.9 Å². The minimum Gasteiger partial charge on any atom is -0.481 e. The zero-order chi connectivity index (χ0) is 11.6. The fourth-order valence-corrected chi connectivity index (χ4v) is 2.07. The first-order valence-corrected chi connectivity index (χ1v) is 5.11. The maximum Gasteiger partial charge on any atom is 0.305 e. The van der Waals surface area contributed by atoms with Crippen LogP contribution in [0.25, 0.3) is 0 Å². The Labute approximate surface area is 89.7 Å².